The van der Waals surface area contributed by atoms with Crippen LogP contribution in [0.2, 0.25) is 0 Å². The van der Waals surface area contributed by atoms with Gasteiger partial charge in [-0.3, -0.25) is 4.57 Å². The minimum Gasteiger partial charge on any atom is -0.277 e. The molecule has 9 aromatic rings. The lowest BCUT2D eigenvalue weighted by molar-refractivity contribution is 1.02. The van der Waals surface area contributed by atoms with Crippen LogP contribution in [0.5, 0.6) is 0 Å². The maximum absolute atomic E-state index is 5.36. The summed E-state index contributed by atoms with van der Waals surface area (Å²) in [5.41, 5.74) is 6.49. The number of nitrogens with zero attached hydrogens (tertiary/aromatic N) is 3. The highest BCUT2D eigenvalue weighted by Gasteiger charge is 2.21. The third-order valence-corrected chi connectivity index (χ3v) is 9.56. The molecule has 9 rings (SSSR count). The van der Waals surface area contributed by atoms with Crippen LogP contribution in [-0.4, -0.2) is 14.5 Å². The molecule has 0 unspecified atom stereocenters. The van der Waals surface area contributed by atoms with Gasteiger partial charge in [0.25, 0.3) is 0 Å². The number of hydrogen-bond donors (Lipinski definition) is 0. The Morgan fingerprint density at radius 3 is 2.17 bits per heavy atom. The summed E-state index contributed by atoms with van der Waals surface area (Å²) in [6.45, 7) is 2.15. The van der Waals surface area contributed by atoms with Gasteiger partial charge in [0.05, 0.1) is 22.2 Å². The summed E-state index contributed by atoms with van der Waals surface area (Å²) in [7, 11) is 0. The fourth-order valence-corrected chi connectivity index (χ4v) is 7.72. The molecule has 0 radical (unpaired) electrons. The normalized spacial score (nSPS) is 12.0. The van der Waals surface area contributed by atoms with Crippen LogP contribution in [0.3, 0.4) is 0 Å². The topological polar surface area (TPSA) is 30.7 Å². The molecule has 41 heavy (non-hydrogen) atoms. The third-order valence-electron chi connectivity index (χ3n) is 8.35. The zero-order valence-corrected chi connectivity index (χ0v) is 23.1. The van der Waals surface area contributed by atoms with E-state index in [1.807, 2.05) is 11.3 Å². The maximum Gasteiger partial charge on any atom is 0.235 e. The van der Waals surface area contributed by atoms with Crippen molar-refractivity contribution in [2.45, 2.75) is 6.92 Å². The highest BCUT2D eigenvalue weighted by Crippen LogP contribution is 2.44. The quantitative estimate of drug-likeness (QED) is 0.218. The summed E-state index contributed by atoms with van der Waals surface area (Å²) in [6, 6.07) is 43.3. The molecule has 0 aliphatic carbocycles. The van der Waals surface area contributed by atoms with Crippen LogP contribution in [0.25, 0.3) is 80.9 Å². The van der Waals surface area contributed by atoms with Crippen molar-refractivity contribution in [2.75, 3.05) is 0 Å². The van der Waals surface area contributed by atoms with Crippen molar-refractivity contribution in [3.63, 3.8) is 0 Å². The first-order valence-electron chi connectivity index (χ1n) is 13.9. The van der Waals surface area contributed by atoms with Crippen LogP contribution >= 0.6 is 11.3 Å². The molecule has 0 aliphatic heterocycles. The van der Waals surface area contributed by atoms with E-state index in [4.69, 9.17) is 9.97 Å². The zero-order chi connectivity index (χ0) is 27.1. The zero-order valence-electron chi connectivity index (χ0n) is 22.3. The summed E-state index contributed by atoms with van der Waals surface area (Å²) in [6.07, 6.45) is 0. The van der Waals surface area contributed by atoms with Crippen molar-refractivity contribution >= 4 is 75.0 Å². The average molecular weight is 542 g/mol. The van der Waals surface area contributed by atoms with E-state index in [2.05, 4.69) is 133 Å². The van der Waals surface area contributed by atoms with E-state index < -0.39 is 0 Å². The number of fused-ring (bicyclic) bond motifs is 10. The fourth-order valence-electron chi connectivity index (χ4n) is 6.46. The van der Waals surface area contributed by atoms with Crippen LogP contribution in [0.15, 0.2) is 121 Å². The molecule has 0 fully saturated rings. The lowest BCUT2D eigenvalue weighted by Crippen LogP contribution is -2.04. The Balaban J connectivity index is 1.50. The molecular formula is C37H23N3S. The summed E-state index contributed by atoms with van der Waals surface area (Å²) < 4.78 is 4.90. The number of para-hydroxylation sites is 2. The summed E-state index contributed by atoms with van der Waals surface area (Å²) in [4.78, 5) is 10.6. The van der Waals surface area contributed by atoms with Gasteiger partial charge in [0.1, 0.15) is 0 Å². The standard InChI is InChI=1S/C37H23N3S/c1-22-10-2-3-11-24(22)34-29-14-4-7-15-30(29)38-37(39-34)40-31-16-8-5-12-25(31)27-20-18-23-19-21-28-26-13-6-9-17-32(26)41-36(28)33(23)35(27)40/h2-21H,1H3. The Kier molecular flexibility index (Phi) is 4.69. The van der Waals surface area contributed by atoms with Crippen molar-refractivity contribution in [1.29, 1.82) is 0 Å². The third kappa shape index (κ3) is 3.19. The van der Waals surface area contributed by atoms with Crippen LogP contribution < -0.4 is 0 Å². The summed E-state index contributed by atoms with van der Waals surface area (Å²) in [5, 5.41) is 8.56. The maximum atomic E-state index is 5.36. The summed E-state index contributed by atoms with van der Waals surface area (Å²) >= 11 is 1.87. The first kappa shape index (κ1) is 22.7. The second-order valence-electron chi connectivity index (χ2n) is 10.7. The molecule has 3 aromatic heterocycles. The monoisotopic (exact) mass is 541 g/mol. The predicted molar refractivity (Wildman–Crippen MR) is 174 cm³/mol. The Hall–Kier alpha value is -5.06. The van der Waals surface area contributed by atoms with Gasteiger partial charge in [-0.15, -0.1) is 11.3 Å². The molecule has 0 saturated carbocycles. The van der Waals surface area contributed by atoms with Gasteiger partial charge in [0, 0.05) is 47.3 Å². The van der Waals surface area contributed by atoms with Gasteiger partial charge >= 0.3 is 0 Å². The SMILES string of the molecule is Cc1ccccc1-c1nc(-n2c3ccccc3c3ccc4ccc5c6ccccc6sc5c4c32)nc2ccccc12. The number of hydrogen-bond acceptors (Lipinski definition) is 3. The molecule has 192 valence electrons. The van der Waals surface area contributed by atoms with Crippen LogP contribution in [0, 0.1) is 6.92 Å². The minimum absolute atomic E-state index is 0.693. The molecule has 0 bridgehead atoms. The molecule has 4 heteroatoms. The van der Waals surface area contributed by atoms with E-state index in [-0.39, 0.29) is 0 Å². The van der Waals surface area contributed by atoms with E-state index in [0.717, 1.165) is 33.2 Å². The van der Waals surface area contributed by atoms with Crippen molar-refractivity contribution in [3.8, 4) is 17.2 Å². The van der Waals surface area contributed by atoms with Crippen LogP contribution in [0.4, 0.5) is 0 Å². The largest absolute Gasteiger partial charge is 0.277 e. The number of rotatable bonds is 2. The van der Waals surface area contributed by atoms with Gasteiger partial charge in [-0.2, -0.15) is 0 Å². The molecule has 0 saturated heterocycles. The smallest absolute Gasteiger partial charge is 0.235 e. The van der Waals surface area contributed by atoms with Gasteiger partial charge in [-0.1, -0.05) is 103 Å². The van der Waals surface area contributed by atoms with Crippen molar-refractivity contribution < 1.29 is 0 Å². The average Bonchev–Trinajstić information content (AvgIpc) is 3.57. The van der Waals surface area contributed by atoms with Gasteiger partial charge < -0.3 is 0 Å². The van der Waals surface area contributed by atoms with Gasteiger partial charge in [-0.25, -0.2) is 9.97 Å². The Morgan fingerprint density at radius 2 is 1.29 bits per heavy atom. The number of aromatic nitrogens is 3. The Labute approximate surface area is 239 Å². The van der Waals surface area contributed by atoms with E-state index in [9.17, 15) is 0 Å². The summed E-state index contributed by atoms with van der Waals surface area (Å²) in [5.74, 6) is 0.693. The minimum atomic E-state index is 0.693. The highest BCUT2D eigenvalue weighted by molar-refractivity contribution is 7.26. The Morgan fingerprint density at radius 1 is 0.585 bits per heavy atom. The van der Waals surface area contributed by atoms with E-state index in [1.54, 1.807) is 0 Å². The second kappa shape index (κ2) is 8.47. The number of thiophene rings is 1. The van der Waals surface area contributed by atoms with Crippen LogP contribution in [0.1, 0.15) is 5.56 Å². The first-order chi connectivity index (χ1) is 20.3. The number of aryl methyl sites for hydroxylation is 1. The Bertz CT molecular complexity index is 2490. The molecule has 0 atom stereocenters. The molecule has 0 amide bonds. The van der Waals surface area contributed by atoms with E-state index >= 15 is 0 Å². The van der Waals surface area contributed by atoms with E-state index in [1.165, 1.54) is 47.3 Å². The van der Waals surface area contributed by atoms with Gasteiger partial charge in [-0.05, 0) is 36.1 Å². The molecule has 0 aliphatic rings. The van der Waals surface area contributed by atoms with Gasteiger partial charge in [0.2, 0.25) is 5.95 Å². The van der Waals surface area contributed by atoms with Gasteiger partial charge in [0.15, 0.2) is 0 Å². The molecule has 6 aromatic carbocycles. The highest BCUT2D eigenvalue weighted by atomic mass is 32.1. The molecule has 3 nitrogen and oxygen atoms in total. The molecule has 0 N–H and O–H groups in total. The lowest BCUT2D eigenvalue weighted by atomic mass is 10.0. The first-order valence-corrected chi connectivity index (χ1v) is 14.7. The predicted octanol–water partition coefficient (Wildman–Crippen LogP) is 10.2. The lowest BCUT2D eigenvalue weighted by Gasteiger charge is -2.14. The molecule has 0 spiro atoms. The van der Waals surface area contributed by atoms with Crippen molar-refractivity contribution in [2.24, 2.45) is 0 Å². The number of benzene rings is 6. The molecule has 3 heterocycles. The van der Waals surface area contributed by atoms with Crippen molar-refractivity contribution in [1.82, 2.24) is 14.5 Å². The second-order valence-corrected chi connectivity index (χ2v) is 11.7. The van der Waals surface area contributed by atoms with Crippen molar-refractivity contribution in [3.05, 3.63) is 127 Å². The fraction of sp³-hybridized carbons (Fsp3) is 0.0270. The molecular weight excluding hydrogens is 518 g/mol. The van der Waals surface area contributed by atoms with Crippen LogP contribution in [-0.2, 0) is 0 Å². The van der Waals surface area contributed by atoms with E-state index in [0.29, 0.717) is 5.95 Å².